The van der Waals surface area contributed by atoms with Crippen molar-refractivity contribution in [2.75, 3.05) is 11.9 Å². The number of aromatic nitrogens is 4. The van der Waals surface area contributed by atoms with Gasteiger partial charge in [0.05, 0.1) is 16.6 Å². The summed E-state index contributed by atoms with van der Waals surface area (Å²) >= 11 is 0. The molecule has 1 atom stereocenters. The highest BCUT2D eigenvalue weighted by molar-refractivity contribution is 6.06. The third-order valence-corrected chi connectivity index (χ3v) is 5.85. The number of fused-ring (bicyclic) bond motifs is 5. The molecule has 5 rings (SSSR count). The van der Waals surface area contributed by atoms with Gasteiger partial charge < -0.3 is 14.3 Å². The lowest BCUT2D eigenvalue weighted by atomic mass is 10.1. The molecule has 168 valence electrons. The summed E-state index contributed by atoms with van der Waals surface area (Å²) in [5.74, 6) is 0.820. The lowest BCUT2D eigenvalue weighted by Crippen LogP contribution is -2.25. The van der Waals surface area contributed by atoms with E-state index in [0.29, 0.717) is 35.4 Å². The summed E-state index contributed by atoms with van der Waals surface area (Å²) in [5, 5.41) is 14.1. The number of rotatable bonds is 1. The third-order valence-electron chi connectivity index (χ3n) is 5.85. The summed E-state index contributed by atoms with van der Waals surface area (Å²) in [7, 11) is 0. The summed E-state index contributed by atoms with van der Waals surface area (Å²) in [4.78, 5) is 30.3. The highest BCUT2D eigenvalue weighted by Gasteiger charge is 2.23. The monoisotopic (exact) mass is 444 g/mol. The van der Waals surface area contributed by atoms with Gasteiger partial charge in [0.1, 0.15) is 0 Å². The molecule has 9 nitrogen and oxygen atoms in total. The van der Waals surface area contributed by atoms with Crippen LogP contribution in [0, 0.1) is 6.92 Å². The minimum Gasteiger partial charge on any atom is -0.421 e. The molecule has 0 aliphatic carbocycles. The van der Waals surface area contributed by atoms with E-state index in [4.69, 9.17) is 9.40 Å². The number of hydrogen-bond donors (Lipinski definition) is 2. The van der Waals surface area contributed by atoms with Gasteiger partial charge in [-0.2, -0.15) is 0 Å². The summed E-state index contributed by atoms with van der Waals surface area (Å²) in [6.07, 6.45) is 2.59. The first-order chi connectivity index (χ1) is 16.0. The van der Waals surface area contributed by atoms with E-state index >= 15 is 0 Å². The number of nitrogens with one attached hydrogen (secondary N) is 2. The number of carbonyl (C=O) groups excluding carboxylic acids is 2. The predicted octanol–water partition coefficient (Wildman–Crippen LogP) is 4.12. The number of aryl methyl sites for hydroxylation is 1. The maximum absolute atomic E-state index is 13.1. The molecule has 3 heterocycles. The molecule has 0 fully saturated rings. The largest absolute Gasteiger partial charge is 0.421 e. The number of nitrogens with zero attached hydrogens (tertiary/aromatic N) is 4. The summed E-state index contributed by atoms with van der Waals surface area (Å²) in [6, 6.07) is 12.4. The van der Waals surface area contributed by atoms with E-state index in [9.17, 15) is 9.59 Å². The topological polar surface area (TPSA) is 115 Å². The van der Waals surface area contributed by atoms with E-state index in [2.05, 4.69) is 27.8 Å². The Balaban J connectivity index is 1.65. The van der Waals surface area contributed by atoms with Crippen molar-refractivity contribution >= 4 is 28.8 Å². The van der Waals surface area contributed by atoms with Gasteiger partial charge in [0, 0.05) is 30.6 Å². The minimum absolute atomic E-state index is 0.0282. The Morgan fingerprint density at radius 3 is 2.61 bits per heavy atom. The molecule has 4 aromatic rings. The van der Waals surface area contributed by atoms with E-state index in [1.165, 1.54) is 0 Å². The Bertz CT molecular complexity index is 1360. The van der Waals surface area contributed by atoms with Gasteiger partial charge in [-0.15, -0.1) is 10.2 Å². The Kier molecular flexibility index (Phi) is 5.37. The molecular weight excluding hydrogens is 420 g/mol. The lowest BCUT2D eigenvalue weighted by Gasteiger charge is -2.19. The van der Waals surface area contributed by atoms with Crippen LogP contribution in [0.1, 0.15) is 58.8 Å². The number of amides is 2. The number of para-hydroxylation sites is 1. The van der Waals surface area contributed by atoms with Gasteiger partial charge >= 0.3 is 0 Å². The molecule has 2 aromatic carbocycles. The second kappa shape index (κ2) is 8.50. The molecule has 2 bridgehead atoms. The van der Waals surface area contributed by atoms with Crippen molar-refractivity contribution in [1.29, 1.82) is 0 Å². The van der Waals surface area contributed by atoms with Crippen LogP contribution in [0.5, 0.6) is 0 Å². The predicted molar refractivity (Wildman–Crippen MR) is 123 cm³/mol. The SMILES string of the molecule is Cc1nnc(-c2cccc3nc4n(c23)[C@H](C)CCCCNC(=O)c2cccc(c2)C(=O)N4)o1. The Hall–Kier alpha value is -4.01. The first kappa shape index (κ1) is 20.9. The van der Waals surface area contributed by atoms with Crippen molar-refractivity contribution in [1.82, 2.24) is 25.1 Å². The van der Waals surface area contributed by atoms with E-state index in [1.54, 1.807) is 31.2 Å². The molecule has 1 aliphatic rings. The fourth-order valence-corrected chi connectivity index (χ4v) is 4.22. The molecule has 0 radical (unpaired) electrons. The van der Waals surface area contributed by atoms with Gasteiger partial charge in [-0.05, 0) is 56.5 Å². The van der Waals surface area contributed by atoms with Crippen molar-refractivity contribution < 1.29 is 14.0 Å². The molecule has 2 amide bonds. The van der Waals surface area contributed by atoms with Gasteiger partial charge in [-0.25, -0.2) is 4.98 Å². The number of carbonyl (C=O) groups is 2. The first-order valence-corrected chi connectivity index (χ1v) is 11.0. The van der Waals surface area contributed by atoms with E-state index in [0.717, 1.165) is 35.9 Å². The summed E-state index contributed by atoms with van der Waals surface area (Å²) < 4.78 is 7.75. The second-order valence-electron chi connectivity index (χ2n) is 8.24. The molecular formula is C24H24N6O3. The molecule has 0 saturated heterocycles. The Morgan fingerprint density at radius 2 is 1.82 bits per heavy atom. The van der Waals surface area contributed by atoms with Gasteiger partial charge in [0.15, 0.2) is 0 Å². The number of imidazole rings is 1. The van der Waals surface area contributed by atoms with Gasteiger partial charge in [-0.1, -0.05) is 12.1 Å². The Morgan fingerprint density at radius 1 is 1.03 bits per heavy atom. The lowest BCUT2D eigenvalue weighted by molar-refractivity contribution is 0.0953. The van der Waals surface area contributed by atoms with Crippen LogP contribution in [0.15, 0.2) is 46.9 Å². The van der Waals surface area contributed by atoms with E-state index < -0.39 is 0 Å². The van der Waals surface area contributed by atoms with Gasteiger partial charge in [0.25, 0.3) is 11.8 Å². The molecule has 2 N–H and O–H groups in total. The van der Waals surface area contributed by atoms with Gasteiger partial charge in [0.2, 0.25) is 17.7 Å². The molecule has 1 aliphatic heterocycles. The fourth-order valence-electron chi connectivity index (χ4n) is 4.22. The highest BCUT2D eigenvalue weighted by atomic mass is 16.4. The highest BCUT2D eigenvalue weighted by Crippen LogP contribution is 2.34. The van der Waals surface area contributed by atoms with E-state index in [1.807, 2.05) is 22.8 Å². The van der Waals surface area contributed by atoms with Crippen LogP contribution in [0.3, 0.4) is 0 Å². The van der Waals surface area contributed by atoms with Crippen LogP contribution >= 0.6 is 0 Å². The summed E-state index contributed by atoms with van der Waals surface area (Å²) in [5.41, 5.74) is 3.16. The molecule has 2 aromatic heterocycles. The van der Waals surface area contributed by atoms with E-state index in [-0.39, 0.29) is 17.9 Å². The zero-order chi connectivity index (χ0) is 22.9. The zero-order valence-electron chi connectivity index (χ0n) is 18.5. The second-order valence-corrected chi connectivity index (χ2v) is 8.24. The minimum atomic E-state index is -0.333. The van der Waals surface area contributed by atoms with Gasteiger partial charge in [-0.3, -0.25) is 14.9 Å². The fraction of sp³-hybridized carbons (Fsp3) is 0.292. The summed E-state index contributed by atoms with van der Waals surface area (Å²) in [6.45, 7) is 4.42. The van der Waals surface area contributed by atoms with Crippen LogP contribution in [0.4, 0.5) is 5.95 Å². The van der Waals surface area contributed by atoms with Crippen molar-refractivity contribution in [2.24, 2.45) is 0 Å². The van der Waals surface area contributed by atoms with Crippen molar-refractivity contribution in [3.8, 4) is 11.5 Å². The van der Waals surface area contributed by atoms with Crippen molar-refractivity contribution in [2.45, 2.75) is 39.2 Å². The quantitative estimate of drug-likeness (QED) is 0.456. The normalized spacial score (nSPS) is 17.2. The van der Waals surface area contributed by atoms with Crippen LogP contribution in [0.25, 0.3) is 22.5 Å². The van der Waals surface area contributed by atoms with Crippen molar-refractivity contribution in [3.05, 3.63) is 59.5 Å². The molecule has 0 unspecified atom stereocenters. The molecule has 9 heteroatoms. The third kappa shape index (κ3) is 3.97. The molecule has 33 heavy (non-hydrogen) atoms. The standard InChI is InChI=1S/C24H24N6O3/c1-14-7-3-4-12-25-21(31)16-8-5-9-17(13-16)22(32)27-24-26-19-11-6-10-18(20(19)30(14)24)23-29-28-15(2)33-23/h5-6,8-11,13-14H,3-4,7,12H2,1-2H3,(H,25,31)(H,26,27,32)/t14-/m1/s1. The average molecular weight is 444 g/mol. The average Bonchev–Trinajstić information content (AvgIpc) is 3.41. The Labute approximate surface area is 190 Å². The zero-order valence-corrected chi connectivity index (χ0v) is 18.5. The van der Waals surface area contributed by atoms with Crippen LogP contribution in [-0.4, -0.2) is 38.1 Å². The first-order valence-electron chi connectivity index (χ1n) is 11.0. The smallest absolute Gasteiger partial charge is 0.257 e. The maximum Gasteiger partial charge on any atom is 0.257 e. The number of hydrogen-bond acceptors (Lipinski definition) is 6. The van der Waals surface area contributed by atoms with Crippen LogP contribution < -0.4 is 10.6 Å². The van der Waals surface area contributed by atoms with Crippen LogP contribution in [0.2, 0.25) is 0 Å². The van der Waals surface area contributed by atoms with Crippen molar-refractivity contribution in [3.63, 3.8) is 0 Å². The molecule has 0 spiro atoms. The number of benzene rings is 2. The maximum atomic E-state index is 13.1. The number of anilines is 1. The molecule has 0 saturated carbocycles. The van der Waals surface area contributed by atoms with Crippen LogP contribution in [-0.2, 0) is 0 Å².